The molecule has 0 atom stereocenters. The Labute approximate surface area is 136 Å². The topological polar surface area (TPSA) is 113 Å². The van der Waals surface area contributed by atoms with Gasteiger partial charge in [-0.05, 0) is 6.42 Å². The maximum atomic E-state index is 12.1. The van der Waals surface area contributed by atoms with E-state index in [0.717, 1.165) is 37.4 Å². The fourth-order valence-electron chi connectivity index (χ4n) is 2.35. The number of fused-ring (bicyclic) bond motifs is 1. The standard InChI is InChI=1S/C14H20N4O4S/c1-3-4-5-6-7-18-10-11(15-14(18)23-8-9(19)20)17(2)13(22)16-12(10)21/h3-8H2,1-2H3,(H,19,20)(H,16,21,22)/p-1. The van der Waals surface area contributed by atoms with Crippen LogP contribution in [0, 0.1) is 0 Å². The number of carbonyl (C=O) groups excluding carboxylic acids is 1. The van der Waals surface area contributed by atoms with Crippen molar-refractivity contribution in [1.82, 2.24) is 19.1 Å². The fourth-order valence-corrected chi connectivity index (χ4v) is 3.09. The van der Waals surface area contributed by atoms with Crippen LogP contribution >= 0.6 is 11.8 Å². The number of rotatable bonds is 8. The summed E-state index contributed by atoms with van der Waals surface area (Å²) in [7, 11) is 1.52. The van der Waals surface area contributed by atoms with Crippen molar-refractivity contribution in [2.45, 2.75) is 44.3 Å². The first kappa shape index (κ1) is 17.3. The zero-order chi connectivity index (χ0) is 17.0. The Morgan fingerprint density at radius 1 is 1.30 bits per heavy atom. The molecule has 0 saturated carbocycles. The predicted molar refractivity (Wildman–Crippen MR) is 85.5 cm³/mol. The third-order valence-electron chi connectivity index (χ3n) is 3.53. The van der Waals surface area contributed by atoms with E-state index in [-0.39, 0.29) is 11.4 Å². The van der Waals surface area contributed by atoms with E-state index in [4.69, 9.17) is 0 Å². The van der Waals surface area contributed by atoms with Crippen LogP contribution in [0.15, 0.2) is 14.7 Å². The van der Waals surface area contributed by atoms with Crippen molar-refractivity contribution >= 4 is 28.9 Å². The van der Waals surface area contributed by atoms with Crippen LogP contribution in [-0.2, 0) is 18.4 Å². The highest BCUT2D eigenvalue weighted by atomic mass is 32.2. The lowest BCUT2D eigenvalue weighted by Crippen LogP contribution is -2.29. The molecule has 2 aromatic heterocycles. The summed E-state index contributed by atoms with van der Waals surface area (Å²) in [6.07, 6.45) is 4.03. The normalized spacial score (nSPS) is 11.2. The van der Waals surface area contributed by atoms with Gasteiger partial charge in [0.25, 0.3) is 5.56 Å². The highest BCUT2D eigenvalue weighted by Gasteiger charge is 2.17. The summed E-state index contributed by atoms with van der Waals surface area (Å²) in [5.41, 5.74) is -0.500. The number of aryl methyl sites for hydroxylation is 2. The van der Waals surface area contributed by atoms with Crippen molar-refractivity contribution in [3.8, 4) is 0 Å². The molecule has 2 rings (SSSR count). The van der Waals surface area contributed by atoms with Gasteiger partial charge in [0.15, 0.2) is 16.3 Å². The SMILES string of the molecule is CCCCCCn1c(SCC(=O)[O-])nc2c1c(=O)[nH]c(=O)n2C. The highest BCUT2D eigenvalue weighted by Crippen LogP contribution is 2.22. The summed E-state index contributed by atoms with van der Waals surface area (Å²) in [5, 5.41) is 11.1. The second kappa shape index (κ2) is 7.49. The van der Waals surface area contributed by atoms with Gasteiger partial charge in [-0.15, -0.1) is 0 Å². The van der Waals surface area contributed by atoms with E-state index in [1.807, 2.05) is 0 Å². The molecular weight excluding hydrogens is 320 g/mol. The molecular formula is C14H19N4O4S-. The molecule has 126 valence electrons. The van der Waals surface area contributed by atoms with E-state index in [1.54, 1.807) is 4.57 Å². The summed E-state index contributed by atoms with van der Waals surface area (Å²) in [5.74, 6) is -1.47. The lowest BCUT2D eigenvalue weighted by atomic mass is 10.2. The van der Waals surface area contributed by atoms with Gasteiger partial charge in [-0.2, -0.15) is 0 Å². The van der Waals surface area contributed by atoms with E-state index in [9.17, 15) is 19.5 Å². The van der Waals surface area contributed by atoms with Crippen molar-refractivity contribution in [3.63, 3.8) is 0 Å². The second-order valence-corrected chi connectivity index (χ2v) is 6.20. The minimum absolute atomic E-state index is 0.259. The number of carboxylic acid groups (broad SMARTS) is 1. The number of carbonyl (C=O) groups is 1. The zero-order valence-corrected chi connectivity index (χ0v) is 13.9. The maximum Gasteiger partial charge on any atom is 0.329 e. The van der Waals surface area contributed by atoms with Crippen molar-refractivity contribution in [3.05, 3.63) is 20.8 Å². The number of carboxylic acids is 1. The van der Waals surface area contributed by atoms with Gasteiger partial charge in [0.2, 0.25) is 0 Å². The van der Waals surface area contributed by atoms with Crippen molar-refractivity contribution < 1.29 is 9.90 Å². The van der Waals surface area contributed by atoms with Gasteiger partial charge in [0.05, 0.1) is 5.97 Å². The zero-order valence-electron chi connectivity index (χ0n) is 13.1. The van der Waals surface area contributed by atoms with Crippen molar-refractivity contribution in [2.75, 3.05) is 5.75 Å². The Morgan fingerprint density at radius 3 is 2.70 bits per heavy atom. The van der Waals surface area contributed by atoms with Crippen LogP contribution in [0.1, 0.15) is 32.6 Å². The molecule has 0 amide bonds. The Bertz CT molecular complexity index is 821. The third kappa shape index (κ3) is 3.84. The first-order chi connectivity index (χ1) is 11.0. The first-order valence-electron chi connectivity index (χ1n) is 7.48. The van der Waals surface area contributed by atoms with Crippen LogP contribution in [0.4, 0.5) is 0 Å². The van der Waals surface area contributed by atoms with Gasteiger partial charge >= 0.3 is 5.69 Å². The van der Waals surface area contributed by atoms with Crippen LogP contribution in [0.3, 0.4) is 0 Å². The number of aliphatic carboxylic acids is 1. The number of hydrogen-bond donors (Lipinski definition) is 1. The van der Waals surface area contributed by atoms with Gasteiger partial charge in [-0.25, -0.2) is 9.78 Å². The van der Waals surface area contributed by atoms with Crippen LogP contribution in [-0.4, -0.2) is 30.8 Å². The van der Waals surface area contributed by atoms with Gasteiger partial charge in [-0.1, -0.05) is 37.9 Å². The Morgan fingerprint density at radius 2 is 2.04 bits per heavy atom. The molecule has 1 N–H and O–H groups in total. The van der Waals surface area contributed by atoms with Crippen molar-refractivity contribution in [2.24, 2.45) is 7.05 Å². The molecule has 0 unspecified atom stereocenters. The lowest BCUT2D eigenvalue weighted by Gasteiger charge is -2.08. The number of aromatic nitrogens is 4. The molecule has 0 aliphatic heterocycles. The number of thioether (sulfide) groups is 1. The molecule has 9 heteroatoms. The largest absolute Gasteiger partial charge is 0.549 e. The Hall–Kier alpha value is -2.03. The summed E-state index contributed by atoms with van der Waals surface area (Å²) in [6, 6.07) is 0. The molecule has 0 saturated heterocycles. The number of imidazole rings is 1. The van der Waals surface area contributed by atoms with E-state index >= 15 is 0 Å². The maximum absolute atomic E-state index is 12.1. The molecule has 0 aliphatic rings. The van der Waals surface area contributed by atoms with Gasteiger partial charge in [0, 0.05) is 19.3 Å². The Kier molecular flexibility index (Phi) is 5.64. The summed E-state index contributed by atoms with van der Waals surface area (Å²) in [6.45, 7) is 2.65. The van der Waals surface area contributed by atoms with Gasteiger partial charge in [0.1, 0.15) is 0 Å². The predicted octanol–water partition coefficient (Wildman–Crippen LogP) is -0.154. The van der Waals surface area contributed by atoms with E-state index in [0.29, 0.717) is 17.2 Å². The molecule has 0 radical (unpaired) electrons. The molecule has 2 aromatic rings. The van der Waals surface area contributed by atoms with E-state index in [2.05, 4.69) is 16.9 Å². The summed E-state index contributed by atoms with van der Waals surface area (Å²) in [4.78, 5) is 41.1. The number of nitrogens with zero attached hydrogens (tertiary/aromatic N) is 3. The molecule has 0 aromatic carbocycles. The van der Waals surface area contributed by atoms with Gasteiger partial charge < -0.3 is 14.5 Å². The highest BCUT2D eigenvalue weighted by molar-refractivity contribution is 7.99. The molecule has 8 nitrogen and oxygen atoms in total. The molecule has 0 fully saturated rings. The summed E-state index contributed by atoms with van der Waals surface area (Å²) < 4.78 is 2.94. The molecule has 0 spiro atoms. The van der Waals surface area contributed by atoms with Gasteiger partial charge in [-0.3, -0.25) is 14.3 Å². The monoisotopic (exact) mass is 339 g/mol. The minimum Gasteiger partial charge on any atom is -0.549 e. The molecule has 0 bridgehead atoms. The first-order valence-corrected chi connectivity index (χ1v) is 8.46. The number of hydrogen-bond acceptors (Lipinski definition) is 6. The summed E-state index contributed by atoms with van der Waals surface area (Å²) >= 11 is 0.990. The van der Waals surface area contributed by atoms with Crippen LogP contribution in [0.5, 0.6) is 0 Å². The average Bonchev–Trinajstić information content (AvgIpc) is 2.86. The van der Waals surface area contributed by atoms with E-state index in [1.165, 1.54) is 11.6 Å². The number of aromatic amines is 1. The number of nitrogens with one attached hydrogen (secondary N) is 1. The quantitative estimate of drug-likeness (QED) is 0.528. The average molecular weight is 339 g/mol. The number of H-pyrrole nitrogens is 1. The molecule has 2 heterocycles. The minimum atomic E-state index is -1.21. The lowest BCUT2D eigenvalue weighted by molar-refractivity contribution is -0.301. The fraction of sp³-hybridized carbons (Fsp3) is 0.571. The number of unbranched alkanes of at least 4 members (excludes halogenated alkanes) is 3. The van der Waals surface area contributed by atoms with Crippen LogP contribution < -0.4 is 16.4 Å². The van der Waals surface area contributed by atoms with E-state index < -0.39 is 17.2 Å². The van der Waals surface area contributed by atoms with Crippen LogP contribution in [0.2, 0.25) is 0 Å². The second-order valence-electron chi connectivity index (χ2n) is 5.26. The molecule has 0 aliphatic carbocycles. The third-order valence-corrected chi connectivity index (χ3v) is 4.48. The smallest absolute Gasteiger partial charge is 0.329 e. The van der Waals surface area contributed by atoms with Crippen LogP contribution in [0.25, 0.3) is 11.2 Å². The Balaban J connectivity index is 2.47. The molecule has 23 heavy (non-hydrogen) atoms. The van der Waals surface area contributed by atoms with Crippen molar-refractivity contribution in [1.29, 1.82) is 0 Å².